The van der Waals surface area contributed by atoms with Crippen molar-refractivity contribution in [2.24, 2.45) is 5.92 Å². The summed E-state index contributed by atoms with van der Waals surface area (Å²) in [7, 11) is 0. The summed E-state index contributed by atoms with van der Waals surface area (Å²) in [6.45, 7) is 8.29. The van der Waals surface area contributed by atoms with Crippen molar-refractivity contribution in [3.8, 4) is 5.82 Å². The highest BCUT2D eigenvalue weighted by Gasteiger charge is 2.35. The summed E-state index contributed by atoms with van der Waals surface area (Å²) in [6, 6.07) is 5.71. The number of anilines is 1. The molecule has 132 valence electrons. The second-order valence-corrected chi connectivity index (χ2v) is 6.77. The zero-order chi connectivity index (χ0) is 18.1. The standard InChI is InChI=1S/C18H23N5O2/c1-11(2)22-10-14(8-17(22)24)18(25)20-15-5-6-16(19-9-15)23-13(4)7-12(3)21-23/h5-7,9,11,14H,8,10H2,1-4H3,(H,20,25)/t14-/m0/s1. The van der Waals surface area contributed by atoms with Crippen LogP contribution in [0.15, 0.2) is 24.4 Å². The van der Waals surface area contributed by atoms with Gasteiger partial charge in [-0.15, -0.1) is 0 Å². The van der Waals surface area contributed by atoms with Crippen LogP contribution in [0.3, 0.4) is 0 Å². The summed E-state index contributed by atoms with van der Waals surface area (Å²) < 4.78 is 1.76. The molecule has 3 rings (SSSR count). The summed E-state index contributed by atoms with van der Waals surface area (Å²) in [4.78, 5) is 30.5. The zero-order valence-electron chi connectivity index (χ0n) is 15.0. The van der Waals surface area contributed by atoms with E-state index >= 15 is 0 Å². The molecule has 25 heavy (non-hydrogen) atoms. The van der Waals surface area contributed by atoms with Crippen molar-refractivity contribution in [3.05, 3.63) is 35.8 Å². The number of carbonyl (C=O) groups is 2. The van der Waals surface area contributed by atoms with E-state index in [1.54, 1.807) is 21.8 Å². The van der Waals surface area contributed by atoms with Crippen molar-refractivity contribution in [1.82, 2.24) is 19.7 Å². The lowest BCUT2D eigenvalue weighted by atomic mass is 10.1. The minimum Gasteiger partial charge on any atom is -0.339 e. The van der Waals surface area contributed by atoms with E-state index in [1.165, 1.54) is 0 Å². The van der Waals surface area contributed by atoms with E-state index in [0.717, 1.165) is 11.4 Å². The Bertz CT molecular complexity index is 794. The van der Waals surface area contributed by atoms with E-state index in [2.05, 4.69) is 15.4 Å². The van der Waals surface area contributed by atoms with Gasteiger partial charge in [0, 0.05) is 24.7 Å². The number of pyridine rings is 1. The van der Waals surface area contributed by atoms with Crippen molar-refractivity contribution in [1.29, 1.82) is 0 Å². The molecule has 1 fully saturated rings. The van der Waals surface area contributed by atoms with E-state index in [-0.39, 0.29) is 30.2 Å². The highest BCUT2D eigenvalue weighted by Crippen LogP contribution is 2.22. The molecule has 1 atom stereocenters. The Morgan fingerprint density at radius 2 is 2.08 bits per heavy atom. The average Bonchev–Trinajstić information content (AvgIpc) is 3.10. The highest BCUT2D eigenvalue weighted by atomic mass is 16.2. The van der Waals surface area contributed by atoms with Crippen molar-refractivity contribution >= 4 is 17.5 Å². The molecule has 0 aromatic carbocycles. The van der Waals surface area contributed by atoms with Gasteiger partial charge in [0.15, 0.2) is 5.82 Å². The van der Waals surface area contributed by atoms with Gasteiger partial charge in [0.05, 0.1) is 23.5 Å². The van der Waals surface area contributed by atoms with Crippen molar-refractivity contribution in [2.75, 3.05) is 11.9 Å². The lowest BCUT2D eigenvalue weighted by Crippen LogP contribution is -2.33. The SMILES string of the molecule is Cc1cc(C)n(-c2ccc(NC(=O)[C@H]3CC(=O)N(C(C)C)C3)cn2)n1. The Morgan fingerprint density at radius 1 is 1.32 bits per heavy atom. The molecule has 1 saturated heterocycles. The molecular weight excluding hydrogens is 318 g/mol. The molecule has 2 aromatic rings. The minimum absolute atomic E-state index is 0.0353. The van der Waals surface area contributed by atoms with Crippen molar-refractivity contribution < 1.29 is 9.59 Å². The summed E-state index contributed by atoms with van der Waals surface area (Å²) in [5.41, 5.74) is 2.54. The molecule has 1 N–H and O–H groups in total. The van der Waals surface area contributed by atoms with Gasteiger partial charge in [-0.1, -0.05) is 0 Å². The van der Waals surface area contributed by atoms with Gasteiger partial charge >= 0.3 is 0 Å². The van der Waals surface area contributed by atoms with Gasteiger partial charge in [0.1, 0.15) is 0 Å². The number of carbonyl (C=O) groups excluding carboxylic acids is 2. The maximum absolute atomic E-state index is 12.4. The number of rotatable bonds is 4. The van der Waals surface area contributed by atoms with Gasteiger partial charge in [-0.3, -0.25) is 9.59 Å². The molecule has 0 bridgehead atoms. The third-order valence-corrected chi connectivity index (χ3v) is 4.39. The van der Waals surface area contributed by atoms with E-state index in [4.69, 9.17) is 0 Å². The van der Waals surface area contributed by atoms with Gasteiger partial charge < -0.3 is 10.2 Å². The van der Waals surface area contributed by atoms with Gasteiger partial charge in [-0.25, -0.2) is 9.67 Å². The maximum Gasteiger partial charge on any atom is 0.229 e. The van der Waals surface area contributed by atoms with E-state index in [0.29, 0.717) is 18.1 Å². The van der Waals surface area contributed by atoms with Crippen molar-refractivity contribution in [2.45, 2.75) is 40.2 Å². The second kappa shape index (κ2) is 6.66. The van der Waals surface area contributed by atoms with Crippen LogP contribution in [0.4, 0.5) is 5.69 Å². The first-order chi connectivity index (χ1) is 11.8. The molecular formula is C18H23N5O2. The number of hydrogen-bond donors (Lipinski definition) is 1. The first-order valence-corrected chi connectivity index (χ1v) is 8.45. The smallest absolute Gasteiger partial charge is 0.229 e. The zero-order valence-corrected chi connectivity index (χ0v) is 15.0. The first-order valence-electron chi connectivity index (χ1n) is 8.45. The molecule has 1 aliphatic rings. The van der Waals surface area contributed by atoms with Crippen LogP contribution >= 0.6 is 0 Å². The number of nitrogens with zero attached hydrogens (tertiary/aromatic N) is 4. The van der Waals surface area contributed by atoms with Crippen LogP contribution in [-0.4, -0.2) is 44.1 Å². The highest BCUT2D eigenvalue weighted by molar-refractivity contribution is 5.97. The molecule has 7 nitrogen and oxygen atoms in total. The molecule has 0 saturated carbocycles. The second-order valence-electron chi connectivity index (χ2n) is 6.77. The van der Waals surface area contributed by atoms with E-state index in [1.807, 2.05) is 39.8 Å². The molecule has 2 amide bonds. The summed E-state index contributed by atoms with van der Waals surface area (Å²) in [5, 5.41) is 7.24. The third-order valence-electron chi connectivity index (χ3n) is 4.39. The number of aromatic nitrogens is 3. The number of amides is 2. The van der Waals surface area contributed by atoms with Crippen LogP contribution in [0.1, 0.15) is 31.7 Å². The number of aryl methyl sites for hydroxylation is 2. The Kier molecular flexibility index (Phi) is 4.57. The summed E-state index contributed by atoms with van der Waals surface area (Å²) in [5.74, 6) is 0.279. The fourth-order valence-electron chi connectivity index (χ4n) is 3.10. The predicted octanol–water partition coefficient (Wildman–Crippen LogP) is 2.08. The lowest BCUT2D eigenvalue weighted by Gasteiger charge is -2.20. The van der Waals surface area contributed by atoms with E-state index in [9.17, 15) is 9.59 Å². The molecule has 7 heteroatoms. The van der Waals surface area contributed by atoms with Crippen molar-refractivity contribution in [3.63, 3.8) is 0 Å². The fraction of sp³-hybridized carbons (Fsp3) is 0.444. The Balaban J connectivity index is 1.67. The number of nitrogens with one attached hydrogen (secondary N) is 1. The quantitative estimate of drug-likeness (QED) is 0.923. The monoisotopic (exact) mass is 341 g/mol. The van der Waals surface area contributed by atoms with Crippen LogP contribution in [-0.2, 0) is 9.59 Å². The molecule has 1 aliphatic heterocycles. The molecule has 0 radical (unpaired) electrons. The van der Waals surface area contributed by atoms with E-state index < -0.39 is 0 Å². The molecule has 2 aromatic heterocycles. The van der Waals surface area contributed by atoms with Crippen LogP contribution in [0, 0.1) is 19.8 Å². The molecule has 0 spiro atoms. The van der Waals surface area contributed by atoms with Crippen LogP contribution in [0.2, 0.25) is 0 Å². The predicted molar refractivity (Wildman–Crippen MR) is 94.4 cm³/mol. The molecule has 0 unspecified atom stereocenters. The first kappa shape index (κ1) is 17.1. The Hall–Kier alpha value is -2.70. The van der Waals surface area contributed by atoms with Gasteiger partial charge in [0.25, 0.3) is 0 Å². The average molecular weight is 341 g/mol. The summed E-state index contributed by atoms with van der Waals surface area (Å²) in [6.07, 6.45) is 1.88. The molecule has 3 heterocycles. The Morgan fingerprint density at radius 3 is 2.60 bits per heavy atom. The third kappa shape index (κ3) is 3.55. The maximum atomic E-state index is 12.4. The molecule has 0 aliphatic carbocycles. The Labute approximate surface area is 147 Å². The largest absolute Gasteiger partial charge is 0.339 e. The minimum atomic E-state index is -0.314. The normalized spacial score (nSPS) is 17.4. The number of likely N-dealkylation sites (tertiary alicyclic amines) is 1. The van der Waals surface area contributed by atoms with Crippen LogP contribution in [0.5, 0.6) is 0 Å². The van der Waals surface area contributed by atoms with Gasteiger partial charge in [-0.2, -0.15) is 5.10 Å². The van der Waals surface area contributed by atoms with Gasteiger partial charge in [-0.05, 0) is 45.9 Å². The fourth-order valence-corrected chi connectivity index (χ4v) is 3.10. The topological polar surface area (TPSA) is 80.1 Å². The van der Waals surface area contributed by atoms with Gasteiger partial charge in [0.2, 0.25) is 11.8 Å². The summed E-state index contributed by atoms with van der Waals surface area (Å²) >= 11 is 0. The lowest BCUT2D eigenvalue weighted by molar-refractivity contribution is -0.129. The van der Waals surface area contributed by atoms with Crippen LogP contribution in [0.25, 0.3) is 5.82 Å². The number of hydrogen-bond acceptors (Lipinski definition) is 4. The van der Waals surface area contributed by atoms with Crippen LogP contribution < -0.4 is 5.32 Å².